The van der Waals surface area contributed by atoms with E-state index in [-0.39, 0.29) is 24.1 Å². The van der Waals surface area contributed by atoms with Crippen molar-refractivity contribution in [2.75, 3.05) is 26.7 Å². The molecular weight excluding hydrogens is 418 g/mol. The van der Waals surface area contributed by atoms with Crippen molar-refractivity contribution in [3.8, 4) is 0 Å². The van der Waals surface area contributed by atoms with E-state index in [2.05, 4.69) is 22.3 Å². The van der Waals surface area contributed by atoms with Gasteiger partial charge >= 0.3 is 0 Å². The monoisotopic (exact) mass is 453 g/mol. The maximum atomic E-state index is 12.9. The highest BCUT2D eigenvalue weighted by Gasteiger charge is 2.39. The van der Waals surface area contributed by atoms with Gasteiger partial charge < -0.3 is 14.5 Å². The molecule has 4 aliphatic rings. The van der Waals surface area contributed by atoms with E-state index in [0.717, 1.165) is 37.4 Å². The molecule has 1 aliphatic carbocycles. The Morgan fingerprint density at radius 1 is 1.00 bits per heavy atom. The molecule has 7 nitrogen and oxygen atoms in total. The summed E-state index contributed by atoms with van der Waals surface area (Å²) in [5.41, 5.74) is 3.03. The number of benzene rings is 1. The second-order valence-corrected chi connectivity index (χ2v) is 10.3. The van der Waals surface area contributed by atoms with Gasteiger partial charge in [0.15, 0.2) is 0 Å². The average Bonchev–Trinajstić information content (AvgIpc) is 3.15. The van der Waals surface area contributed by atoms with Crippen LogP contribution >= 0.6 is 0 Å². The van der Waals surface area contributed by atoms with Crippen LogP contribution in [-0.4, -0.2) is 66.4 Å². The number of piperidine rings is 2. The van der Waals surface area contributed by atoms with E-state index < -0.39 is 6.04 Å². The summed E-state index contributed by atoms with van der Waals surface area (Å²) in [5.74, 6) is 0.629. The van der Waals surface area contributed by atoms with E-state index in [1.54, 1.807) is 4.90 Å². The minimum atomic E-state index is -0.548. The summed E-state index contributed by atoms with van der Waals surface area (Å²) in [7, 11) is 1.83. The molecule has 5 rings (SSSR count). The van der Waals surface area contributed by atoms with Crippen LogP contribution in [0.2, 0.25) is 0 Å². The van der Waals surface area contributed by atoms with Gasteiger partial charge in [-0.25, -0.2) is 0 Å². The molecule has 33 heavy (non-hydrogen) atoms. The number of hydrogen-bond acceptors (Lipinski definition) is 5. The number of ether oxygens (including phenoxy) is 1. The molecule has 2 saturated heterocycles. The molecule has 3 heterocycles. The van der Waals surface area contributed by atoms with Crippen molar-refractivity contribution >= 4 is 17.7 Å². The molecular formula is C26H35N3O4. The molecule has 3 amide bonds. The molecule has 1 saturated carbocycles. The number of nitrogens with one attached hydrogen (secondary N) is 1. The number of carbonyl (C=O) groups excluding carboxylic acids is 3. The number of likely N-dealkylation sites (tertiary alicyclic amines) is 1. The molecule has 178 valence electrons. The zero-order valence-corrected chi connectivity index (χ0v) is 19.6. The number of imide groups is 1. The second-order valence-electron chi connectivity index (χ2n) is 10.3. The van der Waals surface area contributed by atoms with Crippen molar-refractivity contribution in [3.05, 3.63) is 34.9 Å². The van der Waals surface area contributed by atoms with Crippen molar-refractivity contribution in [2.24, 2.45) is 5.92 Å². The summed E-state index contributed by atoms with van der Waals surface area (Å²) in [6, 6.07) is 5.69. The molecule has 1 atom stereocenters. The van der Waals surface area contributed by atoms with Gasteiger partial charge in [0.25, 0.3) is 5.91 Å². The predicted molar refractivity (Wildman–Crippen MR) is 124 cm³/mol. The van der Waals surface area contributed by atoms with E-state index in [4.69, 9.17) is 4.74 Å². The van der Waals surface area contributed by atoms with Crippen molar-refractivity contribution in [1.82, 2.24) is 15.1 Å². The van der Waals surface area contributed by atoms with Gasteiger partial charge in [-0.15, -0.1) is 0 Å². The number of nitrogens with zero attached hydrogens (tertiary/aromatic N) is 2. The molecule has 7 heteroatoms. The lowest BCUT2D eigenvalue weighted by Crippen LogP contribution is -2.52. The number of amides is 3. The lowest BCUT2D eigenvalue weighted by molar-refractivity contribution is -0.136. The first-order valence-corrected chi connectivity index (χ1v) is 12.5. The van der Waals surface area contributed by atoms with Gasteiger partial charge in [0.1, 0.15) is 6.04 Å². The summed E-state index contributed by atoms with van der Waals surface area (Å²) >= 11 is 0. The Bertz CT molecular complexity index is 916. The van der Waals surface area contributed by atoms with Crippen LogP contribution in [0.1, 0.15) is 78.8 Å². The molecule has 1 aromatic carbocycles. The van der Waals surface area contributed by atoms with Crippen molar-refractivity contribution in [1.29, 1.82) is 0 Å². The summed E-state index contributed by atoms with van der Waals surface area (Å²) in [5, 5.41) is 2.37. The van der Waals surface area contributed by atoms with Crippen molar-refractivity contribution in [2.45, 2.75) is 76.0 Å². The SMILES string of the molecule is CO[C@H]1CC[C@H](CN2CCC(c3ccc4c(c3)CN(C3CCC(=O)NC3=O)C4=O)CC2)CC1. The van der Waals surface area contributed by atoms with Gasteiger partial charge in [-0.3, -0.25) is 19.7 Å². The summed E-state index contributed by atoms with van der Waals surface area (Å²) in [6.45, 7) is 3.93. The number of carbonyl (C=O) groups is 3. The van der Waals surface area contributed by atoms with Crippen LogP contribution in [0.3, 0.4) is 0 Å². The fraction of sp³-hybridized carbons (Fsp3) is 0.654. The minimum Gasteiger partial charge on any atom is -0.381 e. The second kappa shape index (κ2) is 9.55. The van der Waals surface area contributed by atoms with Crippen LogP contribution in [0.4, 0.5) is 0 Å². The molecule has 0 radical (unpaired) electrons. The number of methoxy groups -OCH3 is 1. The molecule has 1 N–H and O–H groups in total. The van der Waals surface area contributed by atoms with Gasteiger partial charge in [-0.2, -0.15) is 0 Å². The topological polar surface area (TPSA) is 79.0 Å². The predicted octanol–water partition coefficient (Wildman–Crippen LogP) is 2.83. The van der Waals surface area contributed by atoms with Crippen LogP contribution in [-0.2, 0) is 20.9 Å². The zero-order chi connectivity index (χ0) is 22.9. The summed E-state index contributed by atoms with van der Waals surface area (Å²) in [4.78, 5) is 40.9. The van der Waals surface area contributed by atoms with E-state index in [9.17, 15) is 14.4 Å². The molecule has 0 aromatic heterocycles. The molecule has 0 bridgehead atoms. The smallest absolute Gasteiger partial charge is 0.255 e. The van der Waals surface area contributed by atoms with E-state index in [1.165, 1.54) is 37.8 Å². The minimum absolute atomic E-state index is 0.0935. The Hall–Kier alpha value is -2.25. The maximum Gasteiger partial charge on any atom is 0.255 e. The Morgan fingerprint density at radius 2 is 1.76 bits per heavy atom. The van der Waals surface area contributed by atoms with Crippen LogP contribution < -0.4 is 5.32 Å². The molecule has 3 aliphatic heterocycles. The van der Waals surface area contributed by atoms with Crippen molar-refractivity contribution in [3.63, 3.8) is 0 Å². The maximum absolute atomic E-state index is 12.9. The molecule has 0 spiro atoms. The van der Waals surface area contributed by atoms with Gasteiger partial charge in [-0.05, 0) is 87.1 Å². The van der Waals surface area contributed by atoms with Gasteiger partial charge in [0.2, 0.25) is 11.8 Å². The Morgan fingerprint density at radius 3 is 2.45 bits per heavy atom. The highest BCUT2D eigenvalue weighted by Crippen LogP contribution is 2.34. The van der Waals surface area contributed by atoms with E-state index in [1.807, 2.05) is 13.2 Å². The fourth-order valence-corrected chi connectivity index (χ4v) is 6.21. The van der Waals surface area contributed by atoms with Gasteiger partial charge in [0.05, 0.1) is 6.10 Å². The molecule has 1 aromatic rings. The van der Waals surface area contributed by atoms with Crippen molar-refractivity contribution < 1.29 is 19.1 Å². The largest absolute Gasteiger partial charge is 0.381 e. The standard InChI is InChI=1S/C26H35N3O4/c1-33-21-5-2-17(3-6-21)15-28-12-10-18(11-13-28)19-4-7-22-20(14-19)16-29(26(22)32)23-8-9-24(30)27-25(23)31/h4,7,14,17-18,21,23H,2-3,5-6,8-13,15-16H2,1H3,(H,27,30,31)/t17-,21-,23?. The number of rotatable bonds is 5. The third-order valence-corrected chi connectivity index (χ3v) is 8.25. The Kier molecular flexibility index (Phi) is 6.52. The van der Waals surface area contributed by atoms with Crippen LogP contribution in [0.15, 0.2) is 18.2 Å². The first-order chi connectivity index (χ1) is 16.0. The fourth-order valence-electron chi connectivity index (χ4n) is 6.21. The first kappa shape index (κ1) is 22.5. The lowest BCUT2D eigenvalue weighted by Gasteiger charge is -2.36. The van der Waals surface area contributed by atoms with Gasteiger partial charge in [-0.1, -0.05) is 12.1 Å². The zero-order valence-electron chi connectivity index (χ0n) is 19.6. The third kappa shape index (κ3) is 4.71. The summed E-state index contributed by atoms with van der Waals surface area (Å²) in [6.07, 6.45) is 8.40. The highest BCUT2D eigenvalue weighted by atomic mass is 16.5. The first-order valence-electron chi connectivity index (χ1n) is 12.5. The molecule has 3 fully saturated rings. The Labute approximate surface area is 195 Å². The number of hydrogen-bond donors (Lipinski definition) is 1. The average molecular weight is 454 g/mol. The summed E-state index contributed by atoms with van der Waals surface area (Å²) < 4.78 is 5.51. The van der Waals surface area contributed by atoms with E-state index >= 15 is 0 Å². The van der Waals surface area contributed by atoms with Gasteiger partial charge in [0, 0.05) is 32.2 Å². The highest BCUT2D eigenvalue weighted by molar-refractivity contribution is 6.05. The quantitative estimate of drug-likeness (QED) is 0.694. The third-order valence-electron chi connectivity index (χ3n) is 8.25. The lowest BCUT2D eigenvalue weighted by atomic mass is 9.85. The number of fused-ring (bicyclic) bond motifs is 1. The van der Waals surface area contributed by atoms with Crippen LogP contribution in [0.5, 0.6) is 0 Å². The van der Waals surface area contributed by atoms with E-state index in [0.29, 0.717) is 30.6 Å². The Balaban J connectivity index is 1.16. The van der Waals surface area contributed by atoms with Crippen LogP contribution in [0.25, 0.3) is 0 Å². The molecule has 1 unspecified atom stereocenters. The normalized spacial score (nSPS) is 29.3. The van der Waals surface area contributed by atoms with Crippen LogP contribution in [0, 0.1) is 5.92 Å².